The summed E-state index contributed by atoms with van der Waals surface area (Å²) in [5.41, 5.74) is 3.32. The van der Waals surface area contributed by atoms with Crippen molar-refractivity contribution in [1.82, 2.24) is 4.72 Å². The van der Waals surface area contributed by atoms with Gasteiger partial charge in [-0.1, -0.05) is 103 Å². The summed E-state index contributed by atoms with van der Waals surface area (Å²) in [6, 6.07) is 25.1. The Morgan fingerprint density at radius 3 is 2.21 bits per heavy atom. The molecule has 39 heavy (non-hydrogen) atoms. The van der Waals surface area contributed by atoms with Gasteiger partial charge in [0.15, 0.2) is 5.75 Å². The lowest BCUT2D eigenvalue weighted by Gasteiger charge is -2.25. The zero-order valence-electron chi connectivity index (χ0n) is 20.8. The Morgan fingerprint density at radius 1 is 0.923 bits per heavy atom. The molecule has 0 saturated carbocycles. The zero-order valence-corrected chi connectivity index (χ0v) is 23.1. The summed E-state index contributed by atoms with van der Waals surface area (Å²) in [5.74, 6) is 0.0212. The molecule has 4 rings (SSSR count). The molecule has 0 bridgehead atoms. The number of aliphatic hydroxyl groups is 1. The quantitative estimate of drug-likeness (QED) is 0.186. The van der Waals surface area contributed by atoms with Gasteiger partial charge in [-0.25, -0.2) is 13.1 Å². The molecular formula is C30H27Cl2NO5S. The van der Waals surface area contributed by atoms with Crippen LogP contribution < -0.4 is 9.46 Å². The first-order chi connectivity index (χ1) is 18.7. The van der Waals surface area contributed by atoms with Crippen molar-refractivity contribution >= 4 is 39.3 Å². The van der Waals surface area contributed by atoms with Crippen molar-refractivity contribution in [2.45, 2.75) is 30.1 Å². The Hall–Kier alpha value is -3.33. The molecule has 0 aliphatic carbocycles. The molecule has 0 aliphatic heterocycles. The van der Waals surface area contributed by atoms with E-state index < -0.39 is 32.8 Å². The molecule has 0 heterocycles. The number of halogens is 2. The number of rotatable bonds is 11. The van der Waals surface area contributed by atoms with Crippen molar-refractivity contribution < 1.29 is 23.4 Å². The van der Waals surface area contributed by atoms with Gasteiger partial charge in [0.2, 0.25) is 10.0 Å². The highest BCUT2D eigenvalue weighted by Gasteiger charge is 2.30. The third kappa shape index (κ3) is 7.41. The van der Waals surface area contributed by atoms with E-state index in [0.717, 1.165) is 22.8 Å². The summed E-state index contributed by atoms with van der Waals surface area (Å²) in [4.78, 5) is -0.477. The van der Waals surface area contributed by atoms with Crippen LogP contribution in [0.3, 0.4) is 0 Å². The SMILES string of the molecule is C=Cc1ccc(COc2ccc(C[C@H](NS(=O)(=O)c3cc(Cl)cc(Cl)c3O)[C@H](O)c3ccccc3)cc2)cc1. The monoisotopic (exact) mass is 583 g/mol. The number of phenols is 1. The Balaban J connectivity index is 1.54. The summed E-state index contributed by atoms with van der Waals surface area (Å²) in [5, 5.41) is 21.3. The molecule has 0 fully saturated rings. The van der Waals surface area contributed by atoms with E-state index in [2.05, 4.69) is 11.3 Å². The second-order valence-electron chi connectivity index (χ2n) is 8.90. The minimum absolute atomic E-state index is 0.0468. The van der Waals surface area contributed by atoms with Gasteiger partial charge in [-0.2, -0.15) is 0 Å². The molecule has 4 aromatic rings. The fraction of sp³-hybridized carbons (Fsp3) is 0.133. The Labute approximate surface area is 238 Å². The molecule has 0 aromatic heterocycles. The second kappa shape index (κ2) is 12.7. The number of aliphatic hydroxyl groups excluding tert-OH is 1. The topological polar surface area (TPSA) is 95.9 Å². The molecule has 0 radical (unpaired) electrons. The molecule has 0 spiro atoms. The number of benzene rings is 4. The van der Waals surface area contributed by atoms with Crippen LogP contribution in [-0.2, 0) is 23.1 Å². The number of hydrogen-bond acceptors (Lipinski definition) is 5. The van der Waals surface area contributed by atoms with Crippen molar-refractivity contribution in [3.8, 4) is 11.5 Å². The summed E-state index contributed by atoms with van der Waals surface area (Å²) in [6.45, 7) is 4.14. The number of hydrogen-bond donors (Lipinski definition) is 3. The molecule has 0 aliphatic rings. The highest BCUT2D eigenvalue weighted by Crippen LogP contribution is 2.35. The maximum atomic E-state index is 13.3. The number of phenolic OH excluding ortho intramolecular Hbond substituents is 1. The summed E-state index contributed by atoms with van der Waals surface area (Å²) in [6.07, 6.45) is 0.735. The smallest absolute Gasteiger partial charge is 0.244 e. The van der Waals surface area contributed by atoms with Gasteiger partial charge in [0.25, 0.3) is 0 Å². The molecule has 9 heteroatoms. The van der Waals surface area contributed by atoms with Crippen LogP contribution in [0.5, 0.6) is 11.5 Å². The van der Waals surface area contributed by atoms with E-state index in [1.807, 2.05) is 36.4 Å². The van der Waals surface area contributed by atoms with Crippen molar-refractivity contribution in [2.24, 2.45) is 0 Å². The number of ether oxygens (including phenoxy) is 1. The van der Waals surface area contributed by atoms with E-state index in [1.165, 1.54) is 6.07 Å². The average Bonchev–Trinajstić information content (AvgIpc) is 2.94. The van der Waals surface area contributed by atoms with Gasteiger partial charge in [0.05, 0.1) is 17.2 Å². The molecule has 0 unspecified atom stereocenters. The highest BCUT2D eigenvalue weighted by atomic mass is 35.5. The Kier molecular flexibility index (Phi) is 9.32. The summed E-state index contributed by atoms with van der Waals surface area (Å²) < 4.78 is 35.0. The second-order valence-corrected chi connectivity index (χ2v) is 11.4. The standard InChI is InChI=1S/C30H27Cl2NO5S/c1-2-20-8-10-22(11-9-20)19-38-25-14-12-21(13-15-25)16-27(29(34)23-6-4-3-5-7-23)33-39(36,37)28-18-24(31)17-26(32)30(28)35/h2-15,17-18,27,29,33-35H,1,16,19H2/t27-,29+/m0/s1. The van der Waals surface area contributed by atoms with Gasteiger partial charge in [-0.15, -0.1) is 0 Å². The van der Waals surface area contributed by atoms with Gasteiger partial charge in [0.1, 0.15) is 17.3 Å². The van der Waals surface area contributed by atoms with E-state index in [1.54, 1.807) is 48.5 Å². The zero-order chi connectivity index (χ0) is 28.0. The Morgan fingerprint density at radius 2 is 1.56 bits per heavy atom. The van der Waals surface area contributed by atoms with Crippen LogP contribution >= 0.6 is 23.2 Å². The van der Waals surface area contributed by atoms with Crippen molar-refractivity contribution in [2.75, 3.05) is 0 Å². The molecule has 202 valence electrons. The first kappa shape index (κ1) is 28.7. The molecule has 6 nitrogen and oxygen atoms in total. The molecule has 0 amide bonds. The highest BCUT2D eigenvalue weighted by molar-refractivity contribution is 7.89. The van der Waals surface area contributed by atoms with Gasteiger partial charge >= 0.3 is 0 Å². The lowest BCUT2D eigenvalue weighted by molar-refractivity contribution is 0.138. The predicted octanol–water partition coefficient (Wildman–Crippen LogP) is 6.54. The maximum absolute atomic E-state index is 13.3. The van der Waals surface area contributed by atoms with Crippen molar-refractivity contribution in [3.05, 3.63) is 130 Å². The fourth-order valence-corrected chi connectivity index (χ4v) is 6.00. The number of nitrogens with one attached hydrogen (secondary N) is 1. The number of aromatic hydroxyl groups is 1. The Bertz CT molecular complexity index is 1530. The first-order valence-electron chi connectivity index (χ1n) is 12.0. The lowest BCUT2D eigenvalue weighted by atomic mass is 9.97. The summed E-state index contributed by atoms with van der Waals surface area (Å²) in [7, 11) is -4.32. The van der Waals surface area contributed by atoms with Crippen LogP contribution in [0.1, 0.15) is 28.4 Å². The maximum Gasteiger partial charge on any atom is 0.244 e. The number of sulfonamides is 1. The van der Waals surface area contributed by atoms with E-state index in [4.69, 9.17) is 27.9 Å². The molecular weight excluding hydrogens is 557 g/mol. The summed E-state index contributed by atoms with van der Waals surface area (Å²) >= 11 is 11.9. The minimum Gasteiger partial charge on any atom is -0.505 e. The van der Waals surface area contributed by atoms with E-state index >= 15 is 0 Å². The third-order valence-corrected chi connectivity index (χ3v) is 8.12. The van der Waals surface area contributed by atoms with E-state index in [-0.39, 0.29) is 16.5 Å². The average molecular weight is 585 g/mol. The van der Waals surface area contributed by atoms with Crippen molar-refractivity contribution in [3.63, 3.8) is 0 Å². The van der Waals surface area contributed by atoms with E-state index in [9.17, 15) is 18.6 Å². The van der Waals surface area contributed by atoms with Crippen LogP contribution in [0, 0.1) is 0 Å². The fourth-order valence-electron chi connectivity index (χ4n) is 4.00. The van der Waals surface area contributed by atoms with Crippen LogP contribution in [0.25, 0.3) is 6.08 Å². The third-order valence-electron chi connectivity index (χ3n) is 6.11. The molecule has 3 N–H and O–H groups in total. The van der Waals surface area contributed by atoms with Gasteiger partial charge in [-0.3, -0.25) is 0 Å². The predicted molar refractivity (Wildman–Crippen MR) is 155 cm³/mol. The normalized spacial score (nSPS) is 13.0. The minimum atomic E-state index is -4.32. The van der Waals surface area contributed by atoms with E-state index in [0.29, 0.717) is 17.9 Å². The van der Waals surface area contributed by atoms with Gasteiger partial charge < -0.3 is 14.9 Å². The molecule has 2 atom stereocenters. The van der Waals surface area contributed by atoms with Gasteiger partial charge in [-0.05, 0) is 52.9 Å². The van der Waals surface area contributed by atoms with Crippen molar-refractivity contribution in [1.29, 1.82) is 0 Å². The van der Waals surface area contributed by atoms with Crippen LogP contribution in [-0.4, -0.2) is 24.7 Å². The van der Waals surface area contributed by atoms with Crippen LogP contribution in [0.2, 0.25) is 10.0 Å². The molecule has 4 aromatic carbocycles. The van der Waals surface area contributed by atoms with Crippen LogP contribution in [0.4, 0.5) is 0 Å². The molecule has 0 saturated heterocycles. The lowest BCUT2D eigenvalue weighted by Crippen LogP contribution is -2.41. The first-order valence-corrected chi connectivity index (χ1v) is 14.3. The van der Waals surface area contributed by atoms with Crippen LogP contribution in [0.15, 0.2) is 102 Å². The van der Waals surface area contributed by atoms with Gasteiger partial charge in [0, 0.05) is 5.02 Å². The largest absolute Gasteiger partial charge is 0.505 e.